The van der Waals surface area contributed by atoms with Gasteiger partial charge in [-0.1, -0.05) is 13.3 Å². The fourth-order valence-electron chi connectivity index (χ4n) is 2.58. The van der Waals surface area contributed by atoms with Gasteiger partial charge in [-0.15, -0.1) is 0 Å². The molecule has 1 aliphatic rings. The summed E-state index contributed by atoms with van der Waals surface area (Å²) in [6.07, 6.45) is 5.14. The summed E-state index contributed by atoms with van der Waals surface area (Å²) in [6, 6.07) is 1.64. The Kier molecular flexibility index (Phi) is 5.25. The van der Waals surface area contributed by atoms with Gasteiger partial charge in [0.15, 0.2) is 0 Å². The second-order valence-corrected chi connectivity index (χ2v) is 5.56. The van der Waals surface area contributed by atoms with E-state index in [-0.39, 0.29) is 17.7 Å². The summed E-state index contributed by atoms with van der Waals surface area (Å²) in [5.41, 5.74) is 6.68. The van der Waals surface area contributed by atoms with Crippen molar-refractivity contribution in [3.8, 4) is 0 Å². The molecule has 2 rings (SSSR count). The number of aromatic nitrogens is 1. The number of aromatic amines is 1. The Morgan fingerprint density at radius 2 is 2.14 bits per heavy atom. The zero-order chi connectivity index (χ0) is 15.2. The molecule has 0 aromatic carbocycles. The molecule has 0 spiro atoms. The molecule has 21 heavy (non-hydrogen) atoms. The Bertz CT molecular complexity index is 490. The van der Waals surface area contributed by atoms with Gasteiger partial charge in [0.25, 0.3) is 5.91 Å². The van der Waals surface area contributed by atoms with Crippen molar-refractivity contribution >= 4 is 17.5 Å². The number of carbonyl (C=O) groups excluding carboxylic acids is 2. The van der Waals surface area contributed by atoms with E-state index in [4.69, 9.17) is 5.73 Å². The van der Waals surface area contributed by atoms with Crippen LogP contribution in [0.5, 0.6) is 0 Å². The standard InChI is InChI=1S/C15H24N4O2/c1-2-3-6-17-14(20)11-4-7-19(8-5-11)15(21)13-9-12(16)10-18-13/h9-11,18H,2-8,16H2,1H3,(H,17,20). The van der Waals surface area contributed by atoms with Crippen molar-refractivity contribution in [1.82, 2.24) is 15.2 Å². The molecule has 0 atom stereocenters. The molecule has 0 radical (unpaired) electrons. The summed E-state index contributed by atoms with van der Waals surface area (Å²) in [7, 11) is 0. The second-order valence-electron chi connectivity index (χ2n) is 5.56. The molecular weight excluding hydrogens is 268 g/mol. The first-order chi connectivity index (χ1) is 10.1. The Labute approximate surface area is 125 Å². The lowest BCUT2D eigenvalue weighted by Gasteiger charge is -2.31. The molecule has 6 heteroatoms. The summed E-state index contributed by atoms with van der Waals surface area (Å²) in [4.78, 5) is 28.9. The zero-order valence-corrected chi connectivity index (χ0v) is 12.5. The number of unbranched alkanes of at least 4 members (excludes halogenated alkanes) is 1. The molecule has 4 N–H and O–H groups in total. The number of nitrogens with one attached hydrogen (secondary N) is 2. The number of rotatable bonds is 5. The van der Waals surface area contributed by atoms with Crippen LogP contribution in [0.15, 0.2) is 12.3 Å². The van der Waals surface area contributed by atoms with Crippen molar-refractivity contribution in [3.63, 3.8) is 0 Å². The van der Waals surface area contributed by atoms with Gasteiger partial charge in [0, 0.05) is 37.4 Å². The third kappa shape index (κ3) is 4.00. The van der Waals surface area contributed by atoms with Crippen molar-refractivity contribution < 1.29 is 9.59 Å². The highest BCUT2D eigenvalue weighted by atomic mass is 16.2. The molecular formula is C15H24N4O2. The number of H-pyrrole nitrogens is 1. The Morgan fingerprint density at radius 1 is 1.43 bits per heavy atom. The first-order valence-electron chi connectivity index (χ1n) is 7.62. The van der Waals surface area contributed by atoms with Crippen LogP contribution in [-0.4, -0.2) is 41.3 Å². The van der Waals surface area contributed by atoms with Crippen LogP contribution < -0.4 is 11.1 Å². The quantitative estimate of drug-likeness (QED) is 0.716. The molecule has 116 valence electrons. The van der Waals surface area contributed by atoms with Crippen LogP contribution in [0, 0.1) is 5.92 Å². The molecule has 6 nitrogen and oxygen atoms in total. The smallest absolute Gasteiger partial charge is 0.270 e. The van der Waals surface area contributed by atoms with Gasteiger partial charge in [-0.05, 0) is 25.3 Å². The number of amides is 2. The van der Waals surface area contributed by atoms with Crippen molar-refractivity contribution in [3.05, 3.63) is 18.0 Å². The monoisotopic (exact) mass is 292 g/mol. The van der Waals surface area contributed by atoms with E-state index in [0.29, 0.717) is 24.5 Å². The largest absolute Gasteiger partial charge is 0.397 e. The number of anilines is 1. The molecule has 0 unspecified atom stereocenters. The van der Waals surface area contributed by atoms with Crippen LogP contribution in [0.1, 0.15) is 43.1 Å². The van der Waals surface area contributed by atoms with E-state index in [2.05, 4.69) is 17.2 Å². The van der Waals surface area contributed by atoms with E-state index in [9.17, 15) is 9.59 Å². The summed E-state index contributed by atoms with van der Waals surface area (Å²) < 4.78 is 0. The van der Waals surface area contributed by atoms with Crippen molar-refractivity contribution in [1.29, 1.82) is 0 Å². The van der Waals surface area contributed by atoms with Crippen molar-refractivity contribution in [2.75, 3.05) is 25.4 Å². The highest BCUT2D eigenvalue weighted by Crippen LogP contribution is 2.19. The Hall–Kier alpha value is -1.98. The lowest BCUT2D eigenvalue weighted by Crippen LogP contribution is -2.43. The average molecular weight is 292 g/mol. The van der Waals surface area contributed by atoms with E-state index in [1.165, 1.54) is 0 Å². The Balaban J connectivity index is 1.80. The fraction of sp³-hybridized carbons (Fsp3) is 0.600. The third-order valence-corrected chi connectivity index (χ3v) is 3.92. The van der Waals surface area contributed by atoms with Gasteiger partial charge < -0.3 is 20.9 Å². The molecule has 2 amide bonds. The molecule has 1 aliphatic heterocycles. The molecule has 0 saturated carbocycles. The topological polar surface area (TPSA) is 91.2 Å². The maximum absolute atomic E-state index is 12.2. The van der Waals surface area contributed by atoms with Crippen LogP contribution in [0.25, 0.3) is 0 Å². The van der Waals surface area contributed by atoms with Crippen LogP contribution in [-0.2, 0) is 4.79 Å². The molecule has 1 aromatic heterocycles. The molecule has 1 saturated heterocycles. The van der Waals surface area contributed by atoms with Gasteiger partial charge in [0.1, 0.15) is 5.69 Å². The van der Waals surface area contributed by atoms with Crippen LogP contribution in [0.2, 0.25) is 0 Å². The predicted octanol–water partition coefficient (Wildman–Crippen LogP) is 1.37. The molecule has 1 fully saturated rings. The first kappa shape index (κ1) is 15.4. The van der Waals surface area contributed by atoms with E-state index in [1.54, 1.807) is 17.2 Å². The summed E-state index contributed by atoms with van der Waals surface area (Å²) in [6.45, 7) is 4.08. The van der Waals surface area contributed by atoms with E-state index in [1.807, 2.05) is 0 Å². The minimum Gasteiger partial charge on any atom is -0.397 e. The minimum absolute atomic E-state index is 0.0274. The lowest BCUT2D eigenvalue weighted by atomic mass is 9.95. The average Bonchev–Trinajstić information content (AvgIpc) is 2.93. The van der Waals surface area contributed by atoms with Crippen molar-refractivity contribution in [2.45, 2.75) is 32.6 Å². The maximum Gasteiger partial charge on any atom is 0.270 e. The molecule has 0 bridgehead atoms. The van der Waals surface area contributed by atoms with Gasteiger partial charge in [-0.3, -0.25) is 9.59 Å². The van der Waals surface area contributed by atoms with E-state index >= 15 is 0 Å². The molecule has 1 aromatic rings. The number of likely N-dealkylation sites (tertiary alicyclic amines) is 1. The summed E-state index contributed by atoms with van der Waals surface area (Å²) in [5.74, 6) is 0.107. The number of nitrogens with zero attached hydrogens (tertiary/aromatic N) is 1. The van der Waals surface area contributed by atoms with Gasteiger partial charge in [-0.2, -0.15) is 0 Å². The number of hydrogen-bond donors (Lipinski definition) is 3. The number of nitrogen functional groups attached to an aromatic ring is 1. The van der Waals surface area contributed by atoms with Gasteiger partial charge in [0.2, 0.25) is 5.91 Å². The minimum atomic E-state index is -0.0449. The molecule has 2 heterocycles. The van der Waals surface area contributed by atoms with Gasteiger partial charge >= 0.3 is 0 Å². The Morgan fingerprint density at radius 3 is 2.71 bits per heavy atom. The highest BCUT2D eigenvalue weighted by molar-refractivity contribution is 5.93. The second kappa shape index (κ2) is 7.15. The van der Waals surface area contributed by atoms with E-state index < -0.39 is 0 Å². The van der Waals surface area contributed by atoms with Gasteiger partial charge in [0.05, 0.1) is 0 Å². The fourth-order valence-corrected chi connectivity index (χ4v) is 2.58. The maximum atomic E-state index is 12.2. The summed E-state index contributed by atoms with van der Waals surface area (Å²) >= 11 is 0. The molecule has 0 aliphatic carbocycles. The van der Waals surface area contributed by atoms with Gasteiger partial charge in [-0.25, -0.2) is 0 Å². The SMILES string of the molecule is CCCCNC(=O)C1CCN(C(=O)c2cc(N)c[nH]2)CC1. The highest BCUT2D eigenvalue weighted by Gasteiger charge is 2.27. The number of nitrogens with two attached hydrogens (primary N) is 1. The van der Waals surface area contributed by atoms with Crippen LogP contribution >= 0.6 is 0 Å². The summed E-state index contributed by atoms with van der Waals surface area (Å²) in [5, 5.41) is 2.97. The predicted molar refractivity (Wildman–Crippen MR) is 81.8 cm³/mol. The number of piperidine rings is 1. The van der Waals surface area contributed by atoms with Crippen LogP contribution in [0.4, 0.5) is 5.69 Å². The number of hydrogen-bond acceptors (Lipinski definition) is 3. The van der Waals surface area contributed by atoms with Crippen molar-refractivity contribution in [2.24, 2.45) is 5.92 Å². The van der Waals surface area contributed by atoms with E-state index in [0.717, 1.165) is 32.2 Å². The van der Waals surface area contributed by atoms with Crippen LogP contribution in [0.3, 0.4) is 0 Å². The third-order valence-electron chi connectivity index (χ3n) is 3.92. The number of carbonyl (C=O) groups is 2. The first-order valence-corrected chi connectivity index (χ1v) is 7.62. The lowest BCUT2D eigenvalue weighted by molar-refractivity contribution is -0.126. The normalized spacial score (nSPS) is 16.0. The zero-order valence-electron chi connectivity index (χ0n) is 12.5.